The lowest BCUT2D eigenvalue weighted by molar-refractivity contribution is 0.113. The van der Waals surface area contributed by atoms with Gasteiger partial charge in [0.1, 0.15) is 5.82 Å². The first kappa shape index (κ1) is 25.1. The van der Waals surface area contributed by atoms with Crippen LogP contribution in [0.1, 0.15) is 95.5 Å². The van der Waals surface area contributed by atoms with Crippen molar-refractivity contribution < 1.29 is 17.9 Å². The lowest BCUT2D eigenvalue weighted by Gasteiger charge is -2.42. The molecule has 0 aliphatic heterocycles. The van der Waals surface area contributed by atoms with Gasteiger partial charge in [-0.15, -0.1) is 0 Å². The normalized spacial score (nSPS) is 24.6. The van der Waals surface area contributed by atoms with E-state index >= 15 is 4.39 Å². The minimum Gasteiger partial charge on any atom is -0.491 e. The fraction of sp³-hybridized carbons (Fsp3) is 0.600. The van der Waals surface area contributed by atoms with Crippen molar-refractivity contribution in [3.05, 3.63) is 53.3 Å². The Morgan fingerprint density at radius 2 is 1.50 bits per heavy atom. The highest BCUT2D eigenvalue weighted by molar-refractivity contribution is 5.66. The minimum atomic E-state index is -0.823. The molecule has 34 heavy (non-hydrogen) atoms. The predicted molar refractivity (Wildman–Crippen MR) is 133 cm³/mol. The van der Waals surface area contributed by atoms with E-state index in [1.165, 1.54) is 71.3 Å². The SMILES string of the molecule is CCCCCCCC1CCC2CC(c3ccc(-c4cc(F)c(OC)c(F)c4)c(F)c3)CCC2C1. The summed E-state index contributed by atoms with van der Waals surface area (Å²) in [5.41, 5.74) is 1.43. The van der Waals surface area contributed by atoms with E-state index in [-0.39, 0.29) is 11.1 Å². The van der Waals surface area contributed by atoms with Crippen LogP contribution in [0.4, 0.5) is 13.2 Å². The zero-order valence-electron chi connectivity index (χ0n) is 20.7. The first-order valence-electron chi connectivity index (χ1n) is 13.3. The van der Waals surface area contributed by atoms with Crippen LogP contribution >= 0.6 is 0 Å². The molecule has 4 rings (SSSR count). The second kappa shape index (κ2) is 11.6. The Balaban J connectivity index is 1.36. The van der Waals surface area contributed by atoms with Crippen LogP contribution in [-0.2, 0) is 0 Å². The van der Waals surface area contributed by atoms with Crippen molar-refractivity contribution in [1.29, 1.82) is 0 Å². The first-order chi connectivity index (χ1) is 16.5. The number of unbranched alkanes of at least 4 members (excludes halogenated alkanes) is 4. The molecule has 2 saturated carbocycles. The standard InChI is InChI=1S/C30H39F3O/c1-3-4-5-6-7-8-20-9-10-22-16-23(12-11-21(22)15-20)24-13-14-26(27(31)17-24)25-18-28(32)30(34-2)29(33)19-25/h13-14,17-23H,3-12,15-16H2,1-2H3. The maximum Gasteiger partial charge on any atom is 0.190 e. The summed E-state index contributed by atoms with van der Waals surface area (Å²) >= 11 is 0. The van der Waals surface area contributed by atoms with Crippen molar-refractivity contribution in [2.75, 3.05) is 7.11 Å². The molecule has 0 bridgehead atoms. The van der Waals surface area contributed by atoms with Crippen molar-refractivity contribution in [2.45, 2.75) is 89.9 Å². The molecule has 0 saturated heterocycles. The van der Waals surface area contributed by atoms with Gasteiger partial charge < -0.3 is 4.74 Å². The van der Waals surface area contributed by atoms with Crippen LogP contribution < -0.4 is 4.74 Å². The largest absolute Gasteiger partial charge is 0.491 e. The second-order valence-corrected chi connectivity index (χ2v) is 10.6. The molecule has 2 aliphatic carbocycles. The molecule has 186 valence electrons. The molecule has 2 aromatic carbocycles. The van der Waals surface area contributed by atoms with Gasteiger partial charge in [-0.3, -0.25) is 0 Å². The average Bonchev–Trinajstić information content (AvgIpc) is 2.83. The van der Waals surface area contributed by atoms with Crippen LogP contribution in [0.2, 0.25) is 0 Å². The van der Waals surface area contributed by atoms with Crippen molar-refractivity contribution in [3.8, 4) is 16.9 Å². The molecule has 0 spiro atoms. The van der Waals surface area contributed by atoms with E-state index in [9.17, 15) is 8.78 Å². The van der Waals surface area contributed by atoms with Gasteiger partial charge in [0.25, 0.3) is 0 Å². The predicted octanol–water partition coefficient (Wildman–Crippen LogP) is 9.44. The van der Waals surface area contributed by atoms with Crippen LogP contribution in [0.5, 0.6) is 5.75 Å². The van der Waals surface area contributed by atoms with Crippen LogP contribution in [0.3, 0.4) is 0 Å². The van der Waals surface area contributed by atoms with E-state index in [0.717, 1.165) is 48.3 Å². The molecule has 0 aromatic heterocycles. The molecular weight excluding hydrogens is 433 g/mol. The fourth-order valence-electron chi connectivity index (χ4n) is 6.52. The molecule has 2 aromatic rings. The molecule has 2 fully saturated rings. The molecule has 4 unspecified atom stereocenters. The molecule has 0 N–H and O–H groups in total. The van der Waals surface area contributed by atoms with Gasteiger partial charge in [0.15, 0.2) is 17.4 Å². The van der Waals surface area contributed by atoms with Crippen molar-refractivity contribution >= 4 is 0 Å². The van der Waals surface area contributed by atoms with E-state index in [4.69, 9.17) is 4.74 Å². The number of methoxy groups -OCH3 is 1. The Kier molecular flexibility index (Phi) is 8.60. The third kappa shape index (κ3) is 5.80. The van der Waals surface area contributed by atoms with Crippen LogP contribution in [0, 0.1) is 35.2 Å². The molecule has 0 radical (unpaired) electrons. The maximum atomic E-state index is 15.0. The van der Waals surface area contributed by atoms with Gasteiger partial charge in [-0.1, -0.05) is 64.0 Å². The summed E-state index contributed by atoms with van der Waals surface area (Å²) in [6, 6.07) is 7.47. The monoisotopic (exact) mass is 472 g/mol. The van der Waals surface area contributed by atoms with Gasteiger partial charge in [-0.2, -0.15) is 0 Å². The molecule has 4 atom stereocenters. The maximum absolute atomic E-state index is 15.0. The first-order valence-corrected chi connectivity index (χ1v) is 13.3. The number of rotatable bonds is 9. The topological polar surface area (TPSA) is 9.23 Å². The number of benzene rings is 2. The van der Waals surface area contributed by atoms with Crippen molar-refractivity contribution in [1.82, 2.24) is 0 Å². The summed E-state index contributed by atoms with van der Waals surface area (Å²) < 4.78 is 48.0. The number of fused-ring (bicyclic) bond motifs is 1. The van der Waals surface area contributed by atoms with Crippen molar-refractivity contribution in [3.63, 3.8) is 0 Å². The highest BCUT2D eigenvalue weighted by atomic mass is 19.1. The smallest absolute Gasteiger partial charge is 0.190 e. The summed E-state index contributed by atoms with van der Waals surface area (Å²) in [5.74, 6) is 0.356. The van der Waals surface area contributed by atoms with Gasteiger partial charge >= 0.3 is 0 Å². The molecular formula is C30H39F3O. The van der Waals surface area contributed by atoms with Crippen LogP contribution in [-0.4, -0.2) is 7.11 Å². The van der Waals surface area contributed by atoms with Crippen molar-refractivity contribution in [2.24, 2.45) is 17.8 Å². The third-order valence-corrected chi connectivity index (χ3v) is 8.42. The molecule has 2 aliphatic rings. The fourth-order valence-corrected chi connectivity index (χ4v) is 6.52. The third-order valence-electron chi connectivity index (χ3n) is 8.42. The highest BCUT2D eigenvalue weighted by Gasteiger charge is 2.36. The molecule has 0 amide bonds. The number of ether oxygens (including phenoxy) is 1. The number of halogens is 3. The lowest BCUT2D eigenvalue weighted by atomic mass is 9.63. The average molecular weight is 473 g/mol. The Bertz CT molecular complexity index is 933. The number of hydrogen-bond acceptors (Lipinski definition) is 1. The summed E-state index contributed by atoms with van der Waals surface area (Å²) in [4.78, 5) is 0. The van der Waals surface area contributed by atoms with Crippen LogP contribution in [0.15, 0.2) is 30.3 Å². The molecule has 1 nitrogen and oxygen atoms in total. The summed E-state index contributed by atoms with van der Waals surface area (Å²) in [6.45, 7) is 2.27. The second-order valence-electron chi connectivity index (χ2n) is 10.6. The van der Waals surface area contributed by atoms with E-state index in [1.54, 1.807) is 12.1 Å². The molecule has 4 heteroatoms. The Hall–Kier alpha value is -1.97. The highest BCUT2D eigenvalue weighted by Crippen LogP contribution is 2.48. The van der Waals surface area contributed by atoms with Crippen LogP contribution in [0.25, 0.3) is 11.1 Å². The Morgan fingerprint density at radius 3 is 2.21 bits per heavy atom. The van der Waals surface area contributed by atoms with E-state index in [0.29, 0.717) is 5.92 Å². The zero-order valence-corrected chi connectivity index (χ0v) is 20.7. The summed E-state index contributed by atoms with van der Waals surface area (Å²) in [6.07, 6.45) is 15.8. The summed E-state index contributed by atoms with van der Waals surface area (Å²) in [5, 5.41) is 0. The zero-order chi connectivity index (χ0) is 24.1. The quantitative estimate of drug-likeness (QED) is 0.330. The number of hydrogen-bond donors (Lipinski definition) is 0. The van der Waals surface area contributed by atoms with Gasteiger partial charge in [-0.05, 0) is 85.1 Å². The van der Waals surface area contributed by atoms with Gasteiger partial charge in [0.05, 0.1) is 7.11 Å². The van der Waals surface area contributed by atoms with Gasteiger partial charge in [0.2, 0.25) is 0 Å². The summed E-state index contributed by atoms with van der Waals surface area (Å²) in [7, 11) is 1.21. The van der Waals surface area contributed by atoms with E-state index in [1.807, 2.05) is 6.07 Å². The molecule has 0 heterocycles. The van der Waals surface area contributed by atoms with E-state index in [2.05, 4.69) is 6.92 Å². The Labute approximate surface area is 203 Å². The van der Waals surface area contributed by atoms with Gasteiger partial charge in [0, 0.05) is 5.56 Å². The lowest BCUT2D eigenvalue weighted by Crippen LogP contribution is -2.30. The Morgan fingerprint density at radius 1 is 0.794 bits per heavy atom. The minimum absolute atomic E-state index is 0.191. The van der Waals surface area contributed by atoms with Gasteiger partial charge in [-0.25, -0.2) is 13.2 Å². The van der Waals surface area contributed by atoms with E-state index < -0.39 is 23.2 Å².